The highest BCUT2D eigenvalue weighted by atomic mass is 14.8. The summed E-state index contributed by atoms with van der Waals surface area (Å²) in [5.41, 5.74) is 0. The number of hydrogen-bond donors (Lipinski definition) is 2. The van der Waals surface area contributed by atoms with Gasteiger partial charge in [0.1, 0.15) is 0 Å². The molecule has 0 bridgehead atoms. The third-order valence-corrected chi connectivity index (χ3v) is 3.74. The Hall–Kier alpha value is -0.0800. The van der Waals surface area contributed by atoms with Crippen LogP contribution in [-0.2, 0) is 0 Å². The van der Waals surface area contributed by atoms with E-state index in [1.54, 1.807) is 0 Å². The minimum atomic E-state index is 1.19. The molecule has 0 aliphatic carbocycles. The zero-order valence-corrected chi connectivity index (χ0v) is 13.6. The van der Waals surface area contributed by atoms with Crippen molar-refractivity contribution in [2.24, 2.45) is 0 Å². The van der Waals surface area contributed by atoms with Crippen LogP contribution in [0.4, 0.5) is 0 Å². The Morgan fingerprint density at radius 3 is 1.42 bits per heavy atom. The van der Waals surface area contributed by atoms with Crippen LogP contribution in [-0.4, -0.2) is 26.7 Å². The van der Waals surface area contributed by atoms with Crippen LogP contribution in [0, 0.1) is 0 Å². The van der Waals surface area contributed by atoms with Crippen molar-refractivity contribution in [3.63, 3.8) is 0 Å². The van der Waals surface area contributed by atoms with Gasteiger partial charge in [-0.3, -0.25) is 0 Å². The molecule has 0 saturated carbocycles. The van der Waals surface area contributed by atoms with Gasteiger partial charge in [-0.25, -0.2) is 0 Å². The summed E-state index contributed by atoms with van der Waals surface area (Å²) in [6.45, 7) is 5.88. The van der Waals surface area contributed by atoms with E-state index in [1.807, 2.05) is 7.05 Å². The molecule has 2 N–H and O–H groups in total. The van der Waals surface area contributed by atoms with Crippen LogP contribution in [0.2, 0.25) is 0 Å². The van der Waals surface area contributed by atoms with Gasteiger partial charge < -0.3 is 10.6 Å². The van der Waals surface area contributed by atoms with Crippen LogP contribution < -0.4 is 10.6 Å². The highest BCUT2D eigenvalue weighted by molar-refractivity contribution is 4.51. The van der Waals surface area contributed by atoms with Gasteiger partial charge in [0.2, 0.25) is 0 Å². The van der Waals surface area contributed by atoms with E-state index in [0.717, 1.165) is 0 Å². The summed E-state index contributed by atoms with van der Waals surface area (Å²) in [7, 11) is 2.04. The predicted molar refractivity (Wildman–Crippen MR) is 87.9 cm³/mol. The Balaban J connectivity index is 2.88. The summed E-state index contributed by atoms with van der Waals surface area (Å²) >= 11 is 0. The quantitative estimate of drug-likeness (QED) is 0.404. The lowest BCUT2D eigenvalue weighted by Gasteiger charge is -2.04. The molecule has 2 heteroatoms. The van der Waals surface area contributed by atoms with Gasteiger partial charge in [-0.15, -0.1) is 0 Å². The number of nitrogens with one attached hydrogen (secondary N) is 2. The molecule has 0 spiro atoms. The Morgan fingerprint density at radius 2 is 0.947 bits per heavy atom. The molecule has 2 nitrogen and oxygen atoms in total. The van der Waals surface area contributed by atoms with Crippen LogP contribution in [0.25, 0.3) is 0 Å². The summed E-state index contributed by atoms with van der Waals surface area (Å²) in [6.07, 6.45) is 16.9. The first kappa shape index (κ1) is 18.9. The van der Waals surface area contributed by atoms with E-state index in [-0.39, 0.29) is 0 Å². The predicted octanol–water partition coefficient (Wildman–Crippen LogP) is 4.50. The average Bonchev–Trinajstić information content (AvgIpc) is 2.43. The van der Waals surface area contributed by atoms with Gasteiger partial charge in [0.05, 0.1) is 0 Å². The molecular formula is C17H38N2. The second kappa shape index (κ2) is 17.9. The maximum Gasteiger partial charge on any atom is -0.00489 e. The Bertz CT molecular complexity index is 132. The first-order valence-electron chi connectivity index (χ1n) is 8.77. The van der Waals surface area contributed by atoms with Crippen molar-refractivity contribution in [3.05, 3.63) is 0 Å². The molecule has 0 atom stereocenters. The molecule has 0 amide bonds. The summed E-state index contributed by atoms with van der Waals surface area (Å²) < 4.78 is 0. The van der Waals surface area contributed by atoms with E-state index in [1.165, 1.54) is 96.7 Å². The lowest BCUT2D eigenvalue weighted by atomic mass is 10.1. The standard InChI is InChI=1S/C17H38N2/c1-3-4-16-19-17-14-12-10-8-6-5-7-9-11-13-15-18-2/h18-19H,3-17H2,1-2H3. The van der Waals surface area contributed by atoms with Gasteiger partial charge in [-0.2, -0.15) is 0 Å². The molecule has 0 aromatic carbocycles. The smallest absolute Gasteiger partial charge is 0.00489 e. The van der Waals surface area contributed by atoms with Crippen molar-refractivity contribution in [2.45, 2.75) is 84.0 Å². The van der Waals surface area contributed by atoms with E-state index >= 15 is 0 Å². The minimum absolute atomic E-state index is 1.19. The van der Waals surface area contributed by atoms with Gasteiger partial charge in [0.15, 0.2) is 0 Å². The van der Waals surface area contributed by atoms with Gasteiger partial charge in [-0.1, -0.05) is 64.7 Å². The fourth-order valence-corrected chi connectivity index (χ4v) is 2.39. The summed E-state index contributed by atoms with van der Waals surface area (Å²) in [5, 5.41) is 6.73. The molecule has 0 rings (SSSR count). The molecule has 0 heterocycles. The van der Waals surface area contributed by atoms with E-state index in [0.29, 0.717) is 0 Å². The van der Waals surface area contributed by atoms with Crippen molar-refractivity contribution < 1.29 is 0 Å². The third kappa shape index (κ3) is 17.9. The molecule has 0 unspecified atom stereocenters. The fraction of sp³-hybridized carbons (Fsp3) is 1.00. The van der Waals surface area contributed by atoms with Gasteiger partial charge in [-0.05, 0) is 45.9 Å². The van der Waals surface area contributed by atoms with Crippen molar-refractivity contribution in [3.8, 4) is 0 Å². The summed E-state index contributed by atoms with van der Waals surface area (Å²) in [5.74, 6) is 0. The van der Waals surface area contributed by atoms with Crippen LogP contribution in [0.3, 0.4) is 0 Å². The average molecular weight is 271 g/mol. The molecule has 0 radical (unpaired) electrons. The van der Waals surface area contributed by atoms with Crippen molar-refractivity contribution in [1.29, 1.82) is 0 Å². The van der Waals surface area contributed by atoms with Crippen LogP contribution >= 0.6 is 0 Å². The molecule has 0 fully saturated rings. The van der Waals surface area contributed by atoms with Gasteiger partial charge in [0.25, 0.3) is 0 Å². The highest BCUT2D eigenvalue weighted by Crippen LogP contribution is 2.10. The Kier molecular flexibility index (Phi) is 17.8. The lowest BCUT2D eigenvalue weighted by molar-refractivity contribution is 0.535. The van der Waals surface area contributed by atoms with Gasteiger partial charge >= 0.3 is 0 Å². The SMILES string of the molecule is CCCCNCCCCCCCCCCCCNC. The van der Waals surface area contributed by atoms with Crippen LogP contribution in [0.15, 0.2) is 0 Å². The second-order valence-electron chi connectivity index (χ2n) is 5.74. The molecule has 0 aliphatic heterocycles. The number of unbranched alkanes of at least 4 members (excludes halogenated alkanes) is 10. The Labute approximate surface area is 122 Å². The van der Waals surface area contributed by atoms with Crippen molar-refractivity contribution in [2.75, 3.05) is 26.7 Å². The molecular weight excluding hydrogens is 232 g/mol. The largest absolute Gasteiger partial charge is 0.320 e. The Morgan fingerprint density at radius 1 is 0.526 bits per heavy atom. The molecule has 0 aromatic heterocycles. The van der Waals surface area contributed by atoms with Crippen molar-refractivity contribution in [1.82, 2.24) is 10.6 Å². The molecule has 0 aliphatic rings. The molecule has 19 heavy (non-hydrogen) atoms. The zero-order valence-electron chi connectivity index (χ0n) is 13.6. The fourth-order valence-electron chi connectivity index (χ4n) is 2.39. The number of rotatable bonds is 16. The maximum atomic E-state index is 3.52. The number of hydrogen-bond acceptors (Lipinski definition) is 2. The lowest BCUT2D eigenvalue weighted by Crippen LogP contribution is -2.16. The van der Waals surface area contributed by atoms with Crippen LogP contribution in [0.5, 0.6) is 0 Å². The molecule has 116 valence electrons. The highest BCUT2D eigenvalue weighted by Gasteiger charge is 1.93. The van der Waals surface area contributed by atoms with Gasteiger partial charge in [0, 0.05) is 0 Å². The topological polar surface area (TPSA) is 24.1 Å². The van der Waals surface area contributed by atoms with E-state index in [9.17, 15) is 0 Å². The normalized spacial score (nSPS) is 11.1. The second-order valence-corrected chi connectivity index (χ2v) is 5.74. The maximum absolute atomic E-state index is 3.52. The minimum Gasteiger partial charge on any atom is -0.320 e. The summed E-state index contributed by atoms with van der Waals surface area (Å²) in [4.78, 5) is 0. The monoisotopic (exact) mass is 270 g/mol. The molecule has 0 saturated heterocycles. The third-order valence-electron chi connectivity index (χ3n) is 3.74. The van der Waals surface area contributed by atoms with E-state index in [2.05, 4.69) is 17.6 Å². The zero-order chi connectivity index (χ0) is 14.0. The van der Waals surface area contributed by atoms with Crippen LogP contribution in [0.1, 0.15) is 84.0 Å². The van der Waals surface area contributed by atoms with Crippen molar-refractivity contribution >= 4 is 0 Å². The first-order chi connectivity index (χ1) is 9.41. The van der Waals surface area contributed by atoms with E-state index in [4.69, 9.17) is 0 Å². The summed E-state index contributed by atoms with van der Waals surface area (Å²) in [6, 6.07) is 0. The molecule has 0 aromatic rings. The van der Waals surface area contributed by atoms with E-state index < -0.39 is 0 Å². The first-order valence-corrected chi connectivity index (χ1v) is 8.77.